The maximum absolute atomic E-state index is 12.2. The summed E-state index contributed by atoms with van der Waals surface area (Å²) in [7, 11) is 0. The number of para-hydroxylation sites is 1. The van der Waals surface area contributed by atoms with Crippen LogP contribution in [0.4, 0.5) is 5.69 Å². The topological polar surface area (TPSA) is 34.0 Å². The Bertz CT molecular complexity index is 811. The molecule has 0 atom stereocenters. The lowest BCUT2D eigenvalue weighted by Gasteiger charge is -2.09. The highest BCUT2D eigenvalue weighted by Crippen LogP contribution is 2.25. The molecule has 3 aromatic rings. The summed E-state index contributed by atoms with van der Waals surface area (Å²) in [5.74, 6) is -0.152. The van der Waals surface area contributed by atoms with Crippen LogP contribution in [0.25, 0.3) is 10.9 Å². The molecule has 0 bridgehead atoms. The molecule has 0 radical (unpaired) electrons. The monoisotopic (exact) mass is 318 g/mol. The first-order valence-corrected chi connectivity index (χ1v) is 7.18. The van der Waals surface area contributed by atoms with Crippen molar-refractivity contribution < 1.29 is 4.79 Å². The van der Waals surface area contributed by atoms with Crippen LogP contribution in [0.5, 0.6) is 0 Å². The molecule has 2 aromatic carbocycles. The zero-order valence-electron chi connectivity index (χ0n) is 11.0. The van der Waals surface area contributed by atoms with Gasteiger partial charge in [0.25, 0.3) is 0 Å². The van der Waals surface area contributed by atoms with Gasteiger partial charge in [-0.15, -0.1) is 0 Å². The molecule has 0 saturated heterocycles. The van der Waals surface area contributed by atoms with Gasteiger partial charge in [-0.1, -0.05) is 41.4 Å². The first-order chi connectivity index (χ1) is 10.1. The number of carbonyl (C=O) groups excluding carboxylic acids is 1. The molecule has 3 rings (SSSR count). The van der Waals surface area contributed by atoms with Crippen LogP contribution in [-0.4, -0.2) is 10.5 Å². The number of aromatic nitrogens is 1. The molecule has 0 aliphatic heterocycles. The van der Waals surface area contributed by atoms with E-state index in [4.69, 9.17) is 23.2 Å². The van der Waals surface area contributed by atoms with Gasteiger partial charge >= 0.3 is 0 Å². The molecule has 3 nitrogen and oxygen atoms in total. The van der Waals surface area contributed by atoms with Gasteiger partial charge in [-0.3, -0.25) is 4.79 Å². The lowest BCUT2D eigenvalue weighted by molar-refractivity contribution is -0.116. The van der Waals surface area contributed by atoms with E-state index in [0.29, 0.717) is 15.7 Å². The lowest BCUT2D eigenvalue weighted by atomic mass is 10.2. The Morgan fingerprint density at radius 3 is 2.76 bits per heavy atom. The van der Waals surface area contributed by atoms with E-state index in [0.717, 1.165) is 10.9 Å². The van der Waals surface area contributed by atoms with E-state index < -0.39 is 0 Å². The normalized spacial score (nSPS) is 10.8. The predicted octanol–water partition coefficient (Wildman–Crippen LogP) is 4.59. The fraction of sp³-hybridized carbons (Fsp3) is 0.0625. The fourth-order valence-corrected chi connectivity index (χ4v) is 2.55. The largest absolute Gasteiger partial charge is 0.338 e. The number of hydrogen-bond acceptors (Lipinski definition) is 1. The standard InChI is InChI=1S/C16H12Cl2N2O/c17-12-5-6-13(18)14(9-12)19-16(21)10-20-8-7-11-3-1-2-4-15(11)20/h1-9H,10H2,(H,19,21). The average molecular weight is 319 g/mol. The molecule has 1 amide bonds. The van der Waals surface area contributed by atoms with Gasteiger partial charge in [0, 0.05) is 16.7 Å². The molecule has 0 fully saturated rings. The van der Waals surface area contributed by atoms with Crippen LogP contribution in [0.2, 0.25) is 10.0 Å². The SMILES string of the molecule is O=C(Cn1ccc2ccccc21)Nc1cc(Cl)ccc1Cl. The van der Waals surface area contributed by atoms with Crippen LogP contribution in [0.1, 0.15) is 0 Å². The molecular weight excluding hydrogens is 307 g/mol. The van der Waals surface area contributed by atoms with Gasteiger partial charge in [-0.25, -0.2) is 0 Å². The van der Waals surface area contributed by atoms with Crippen LogP contribution in [0.15, 0.2) is 54.7 Å². The summed E-state index contributed by atoms with van der Waals surface area (Å²) in [6.07, 6.45) is 1.89. The Kier molecular flexibility index (Phi) is 3.86. The number of nitrogens with one attached hydrogen (secondary N) is 1. The number of carbonyl (C=O) groups is 1. The first kappa shape index (κ1) is 14.0. The second-order valence-corrected chi connectivity index (χ2v) is 5.52. The number of nitrogens with zero attached hydrogens (tertiary/aromatic N) is 1. The molecule has 1 aromatic heterocycles. The summed E-state index contributed by atoms with van der Waals surface area (Å²) in [5.41, 5.74) is 1.54. The summed E-state index contributed by atoms with van der Waals surface area (Å²) in [5, 5.41) is 4.87. The maximum Gasteiger partial charge on any atom is 0.244 e. The Morgan fingerprint density at radius 1 is 1.10 bits per heavy atom. The maximum atomic E-state index is 12.2. The number of hydrogen-bond donors (Lipinski definition) is 1. The van der Waals surface area contributed by atoms with Crippen molar-refractivity contribution in [3.63, 3.8) is 0 Å². The van der Waals surface area contributed by atoms with Crippen molar-refractivity contribution in [3.8, 4) is 0 Å². The van der Waals surface area contributed by atoms with Crippen LogP contribution < -0.4 is 5.32 Å². The zero-order valence-corrected chi connectivity index (χ0v) is 12.5. The molecule has 5 heteroatoms. The molecule has 1 heterocycles. The molecule has 21 heavy (non-hydrogen) atoms. The van der Waals surface area contributed by atoms with E-state index >= 15 is 0 Å². The number of anilines is 1. The Morgan fingerprint density at radius 2 is 1.90 bits per heavy atom. The quantitative estimate of drug-likeness (QED) is 0.753. The molecule has 1 N–H and O–H groups in total. The Hall–Kier alpha value is -1.97. The first-order valence-electron chi connectivity index (χ1n) is 6.42. The number of halogens is 2. The summed E-state index contributed by atoms with van der Waals surface area (Å²) < 4.78 is 1.89. The third kappa shape index (κ3) is 3.04. The van der Waals surface area contributed by atoms with Gasteiger partial charge in [0.05, 0.1) is 10.7 Å². The summed E-state index contributed by atoms with van der Waals surface area (Å²) in [6, 6.07) is 14.9. The minimum Gasteiger partial charge on any atom is -0.338 e. The lowest BCUT2D eigenvalue weighted by Crippen LogP contribution is -2.18. The number of rotatable bonds is 3. The average Bonchev–Trinajstić information content (AvgIpc) is 2.86. The smallest absolute Gasteiger partial charge is 0.244 e. The van der Waals surface area contributed by atoms with Crippen molar-refractivity contribution in [2.24, 2.45) is 0 Å². The van der Waals surface area contributed by atoms with Gasteiger partial charge in [-0.05, 0) is 35.7 Å². The highest BCUT2D eigenvalue weighted by Gasteiger charge is 2.09. The second kappa shape index (κ2) is 5.80. The van der Waals surface area contributed by atoms with E-state index in [-0.39, 0.29) is 12.5 Å². The van der Waals surface area contributed by atoms with E-state index in [2.05, 4.69) is 5.32 Å². The van der Waals surface area contributed by atoms with Gasteiger partial charge in [0.15, 0.2) is 0 Å². The van der Waals surface area contributed by atoms with Gasteiger partial charge < -0.3 is 9.88 Å². The highest BCUT2D eigenvalue weighted by atomic mass is 35.5. The Labute approximate surface area is 132 Å². The van der Waals surface area contributed by atoms with Gasteiger partial charge in [-0.2, -0.15) is 0 Å². The van der Waals surface area contributed by atoms with Crippen molar-refractivity contribution in [2.75, 3.05) is 5.32 Å². The molecule has 0 saturated carbocycles. The van der Waals surface area contributed by atoms with E-state index in [1.165, 1.54) is 0 Å². The molecule has 0 aliphatic rings. The van der Waals surface area contributed by atoms with Crippen molar-refractivity contribution >= 4 is 45.7 Å². The van der Waals surface area contributed by atoms with Crippen LogP contribution in [0.3, 0.4) is 0 Å². The zero-order chi connectivity index (χ0) is 14.8. The predicted molar refractivity (Wildman–Crippen MR) is 87.0 cm³/mol. The van der Waals surface area contributed by atoms with Crippen molar-refractivity contribution in [1.29, 1.82) is 0 Å². The second-order valence-electron chi connectivity index (χ2n) is 4.67. The van der Waals surface area contributed by atoms with Gasteiger partial charge in [0.1, 0.15) is 6.54 Å². The molecule has 0 spiro atoms. The summed E-state index contributed by atoms with van der Waals surface area (Å²) in [4.78, 5) is 12.2. The summed E-state index contributed by atoms with van der Waals surface area (Å²) in [6.45, 7) is 0.219. The van der Waals surface area contributed by atoms with Crippen LogP contribution in [-0.2, 0) is 11.3 Å². The minimum atomic E-state index is -0.152. The third-order valence-electron chi connectivity index (χ3n) is 3.20. The Balaban J connectivity index is 1.79. The molecule has 0 unspecified atom stereocenters. The number of fused-ring (bicyclic) bond motifs is 1. The third-order valence-corrected chi connectivity index (χ3v) is 3.76. The van der Waals surface area contributed by atoms with Crippen LogP contribution in [0, 0.1) is 0 Å². The van der Waals surface area contributed by atoms with Crippen LogP contribution >= 0.6 is 23.2 Å². The highest BCUT2D eigenvalue weighted by molar-refractivity contribution is 6.35. The van der Waals surface area contributed by atoms with Gasteiger partial charge in [0.2, 0.25) is 5.91 Å². The molecule has 0 aliphatic carbocycles. The molecule has 106 valence electrons. The van der Waals surface area contributed by atoms with Crippen molar-refractivity contribution in [2.45, 2.75) is 6.54 Å². The van der Waals surface area contributed by atoms with Crippen molar-refractivity contribution in [3.05, 3.63) is 64.8 Å². The number of amides is 1. The molecular formula is C16H12Cl2N2O. The van der Waals surface area contributed by atoms with Crippen molar-refractivity contribution in [1.82, 2.24) is 4.57 Å². The van der Waals surface area contributed by atoms with E-state index in [9.17, 15) is 4.79 Å². The number of benzene rings is 2. The van der Waals surface area contributed by atoms with E-state index in [1.807, 2.05) is 41.1 Å². The minimum absolute atomic E-state index is 0.152. The van der Waals surface area contributed by atoms with E-state index in [1.54, 1.807) is 18.2 Å². The summed E-state index contributed by atoms with van der Waals surface area (Å²) >= 11 is 11.9. The fourth-order valence-electron chi connectivity index (χ4n) is 2.22.